The van der Waals surface area contributed by atoms with E-state index in [-0.39, 0.29) is 11.5 Å². The predicted octanol–water partition coefficient (Wildman–Crippen LogP) is 4.57. The molecular formula is C17H12BrNO3. The Labute approximate surface area is 135 Å². The van der Waals surface area contributed by atoms with E-state index in [1.807, 2.05) is 24.3 Å². The molecule has 2 aromatic rings. The molecule has 0 saturated heterocycles. The van der Waals surface area contributed by atoms with Crippen molar-refractivity contribution in [3.8, 4) is 0 Å². The van der Waals surface area contributed by atoms with E-state index >= 15 is 0 Å². The first-order chi connectivity index (χ1) is 10.6. The minimum atomic E-state index is -0.440. The fourth-order valence-corrected chi connectivity index (χ4v) is 3.01. The highest BCUT2D eigenvalue weighted by Crippen LogP contribution is 2.29. The molecule has 2 aromatic carbocycles. The summed E-state index contributed by atoms with van der Waals surface area (Å²) >= 11 is 3.16. The van der Waals surface area contributed by atoms with Gasteiger partial charge in [-0.15, -0.1) is 0 Å². The van der Waals surface area contributed by atoms with Crippen molar-refractivity contribution in [2.24, 2.45) is 0 Å². The predicted molar refractivity (Wildman–Crippen MR) is 87.9 cm³/mol. The van der Waals surface area contributed by atoms with Crippen LogP contribution in [0.15, 0.2) is 52.5 Å². The van der Waals surface area contributed by atoms with Crippen LogP contribution >= 0.6 is 15.9 Å². The number of ketones is 1. The molecule has 0 aliphatic heterocycles. The van der Waals surface area contributed by atoms with E-state index in [2.05, 4.69) is 15.9 Å². The summed E-state index contributed by atoms with van der Waals surface area (Å²) in [6.45, 7) is 0. The van der Waals surface area contributed by atoms with Crippen LogP contribution in [0.3, 0.4) is 0 Å². The third-order valence-electron chi connectivity index (χ3n) is 3.73. The SMILES string of the molecule is O=C1/C(=C/c2ccc(Br)c([N+](=O)[O-])c2)CCc2ccccc21. The van der Waals surface area contributed by atoms with E-state index in [1.165, 1.54) is 6.07 Å². The lowest BCUT2D eigenvalue weighted by Crippen LogP contribution is -2.13. The first-order valence-corrected chi connectivity index (χ1v) is 7.62. The maximum Gasteiger partial charge on any atom is 0.284 e. The lowest BCUT2D eigenvalue weighted by molar-refractivity contribution is -0.385. The molecule has 22 heavy (non-hydrogen) atoms. The molecule has 0 N–H and O–H groups in total. The van der Waals surface area contributed by atoms with Gasteiger partial charge in [-0.1, -0.05) is 30.3 Å². The zero-order valence-corrected chi connectivity index (χ0v) is 13.2. The van der Waals surface area contributed by atoms with Gasteiger partial charge < -0.3 is 0 Å². The van der Waals surface area contributed by atoms with Gasteiger partial charge >= 0.3 is 0 Å². The molecule has 1 aliphatic rings. The van der Waals surface area contributed by atoms with Crippen LogP contribution in [0, 0.1) is 10.1 Å². The van der Waals surface area contributed by atoms with E-state index in [0.29, 0.717) is 22.0 Å². The fraction of sp³-hybridized carbons (Fsp3) is 0.118. The van der Waals surface area contributed by atoms with Crippen molar-refractivity contribution in [1.29, 1.82) is 0 Å². The highest BCUT2D eigenvalue weighted by molar-refractivity contribution is 9.10. The normalized spacial score (nSPS) is 15.7. The van der Waals surface area contributed by atoms with E-state index in [4.69, 9.17) is 0 Å². The van der Waals surface area contributed by atoms with Crippen molar-refractivity contribution in [2.45, 2.75) is 12.8 Å². The van der Waals surface area contributed by atoms with Crippen molar-refractivity contribution in [3.63, 3.8) is 0 Å². The van der Waals surface area contributed by atoms with Crippen molar-refractivity contribution in [3.05, 3.63) is 79.3 Å². The molecule has 0 radical (unpaired) electrons. The van der Waals surface area contributed by atoms with Crippen LogP contribution in [-0.4, -0.2) is 10.7 Å². The first-order valence-electron chi connectivity index (χ1n) is 6.83. The number of Topliss-reactive ketones (excluding diaryl/α,β-unsaturated/α-hetero) is 1. The van der Waals surface area contributed by atoms with Crippen LogP contribution in [0.1, 0.15) is 27.9 Å². The van der Waals surface area contributed by atoms with Crippen molar-refractivity contribution in [1.82, 2.24) is 0 Å². The number of halogens is 1. The van der Waals surface area contributed by atoms with Gasteiger partial charge in [0.1, 0.15) is 0 Å². The molecule has 4 nitrogen and oxygen atoms in total. The summed E-state index contributed by atoms with van der Waals surface area (Å²) < 4.78 is 0.431. The summed E-state index contributed by atoms with van der Waals surface area (Å²) in [4.78, 5) is 23.0. The van der Waals surface area contributed by atoms with Crippen molar-refractivity contribution < 1.29 is 9.72 Å². The van der Waals surface area contributed by atoms with Gasteiger partial charge in [-0.25, -0.2) is 0 Å². The number of rotatable bonds is 2. The summed E-state index contributed by atoms with van der Waals surface area (Å²) in [5.74, 6) is 0.00687. The molecule has 3 rings (SSSR count). The van der Waals surface area contributed by atoms with Crippen LogP contribution in [0.4, 0.5) is 5.69 Å². The van der Waals surface area contributed by atoms with Gasteiger partial charge in [-0.05, 0) is 52.0 Å². The smallest absolute Gasteiger partial charge is 0.284 e. The zero-order chi connectivity index (χ0) is 15.7. The number of allylic oxidation sites excluding steroid dienone is 1. The Morgan fingerprint density at radius 1 is 1.14 bits per heavy atom. The quantitative estimate of drug-likeness (QED) is 0.449. The average Bonchev–Trinajstić information content (AvgIpc) is 2.52. The van der Waals surface area contributed by atoms with E-state index in [9.17, 15) is 14.9 Å². The standard InChI is InChI=1S/C17H12BrNO3/c18-15-8-5-11(10-16(15)19(21)22)9-13-7-6-12-3-1-2-4-14(12)17(13)20/h1-5,8-10H,6-7H2/b13-9+. The van der Waals surface area contributed by atoms with Gasteiger partial charge in [0.25, 0.3) is 5.69 Å². The summed E-state index contributed by atoms with van der Waals surface area (Å²) in [6, 6.07) is 12.4. The number of nitro groups is 1. The van der Waals surface area contributed by atoms with Crippen LogP contribution < -0.4 is 0 Å². The minimum Gasteiger partial charge on any atom is -0.289 e. The zero-order valence-electron chi connectivity index (χ0n) is 11.6. The molecule has 0 aromatic heterocycles. The number of fused-ring (bicyclic) bond motifs is 1. The van der Waals surface area contributed by atoms with E-state index < -0.39 is 4.92 Å². The Morgan fingerprint density at radius 2 is 1.91 bits per heavy atom. The number of nitro benzene ring substituents is 1. The molecule has 1 aliphatic carbocycles. The number of carbonyl (C=O) groups is 1. The molecule has 5 heteroatoms. The Kier molecular flexibility index (Phi) is 3.90. The van der Waals surface area contributed by atoms with Crippen LogP contribution in [0.5, 0.6) is 0 Å². The maximum atomic E-state index is 12.5. The van der Waals surface area contributed by atoms with Gasteiger partial charge in [-0.3, -0.25) is 14.9 Å². The second kappa shape index (κ2) is 5.85. The fourth-order valence-electron chi connectivity index (χ4n) is 2.61. The molecule has 0 amide bonds. The van der Waals surface area contributed by atoms with Gasteiger partial charge in [-0.2, -0.15) is 0 Å². The van der Waals surface area contributed by atoms with Crippen LogP contribution in [0.2, 0.25) is 0 Å². The molecule has 0 heterocycles. The van der Waals surface area contributed by atoms with Gasteiger partial charge in [0.2, 0.25) is 0 Å². The summed E-state index contributed by atoms with van der Waals surface area (Å²) in [5.41, 5.74) is 3.14. The molecule has 0 fully saturated rings. The van der Waals surface area contributed by atoms with Crippen LogP contribution in [-0.2, 0) is 6.42 Å². The number of nitrogens with zero attached hydrogens (tertiary/aromatic N) is 1. The number of hydrogen-bond acceptors (Lipinski definition) is 3. The Balaban J connectivity index is 1.99. The number of carbonyl (C=O) groups excluding carboxylic acids is 1. The Hall–Kier alpha value is -2.27. The first kappa shape index (κ1) is 14.7. The third kappa shape index (κ3) is 2.72. The topological polar surface area (TPSA) is 60.2 Å². The van der Waals surface area contributed by atoms with E-state index in [1.54, 1.807) is 18.2 Å². The van der Waals surface area contributed by atoms with Crippen molar-refractivity contribution in [2.75, 3.05) is 0 Å². The Bertz CT molecular complexity index is 811. The molecule has 0 spiro atoms. The molecule has 110 valence electrons. The molecule has 0 bridgehead atoms. The highest BCUT2D eigenvalue weighted by atomic mass is 79.9. The lowest BCUT2D eigenvalue weighted by atomic mass is 9.86. The monoisotopic (exact) mass is 357 g/mol. The second-order valence-corrected chi connectivity index (χ2v) is 5.98. The van der Waals surface area contributed by atoms with Gasteiger partial charge in [0.15, 0.2) is 5.78 Å². The van der Waals surface area contributed by atoms with Gasteiger partial charge in [0, 0.05) is 17.2 Å². The molecule has 0 atom stereocenters. The van der Waals surface area contributed by atoms with E-state index in [0.717, 1.165) is 17.5 Å². The van der Waals surface area contributed by atoms with Crippen LogP contribution in [0.25, 0.3) is 6.08 Å². The van der Waals surface area contributed by atoms with Gasteiger partial charge in [0.05, 0.1) is 9.40 Å². The summed E-state index contributed by atoms with van der Waals surface area (Å²) in [7, 11) is 0. The average molecular weight is 358 g/mol. The molecule has 0 unspecified atom stereocenters. The number of hydrogen-bond donors (Lipinski definition) is 0. The Morgan fingerprint density at radius 3 is 2.68 bits per heavy atom. The molecule has 0 saturated carbocycles. The lowest BCUT2D eigenvalue weighted by Gasteiger charge is -2.17. The number of aryl methyl sites for hydroxylation is 1. The molecular weight excluding hydrogens is 346 g/mol. The maximum absolute atomic E-state index is 12.5. The summed E-state index contributed by atoms with van der Waals surface area (Å²) in [6.07, 6.45) is 3.21. The third-order valence-corrected chi connectivity index (χ3v) is 4.40. The van der Waals surface area contributed by atoms with Crippen molar-refractivity contribution >= 4 is 33.5 Å². The number of benzene rings is 2. The second-order valence-electron chi connectivity index (χ2n) is 5.12. The minimum absolute atomic E-state index is 0.00184. The highest BCUT2D eigenvalue weighted by Gasteiger charge is 2.21. The summed E-state index contributed by atoms with van der Waals surface area (Å²) in [5, 5.41) is 11.0. The largest absolute Gasteiger partial charge is 0.289 e.